The molecule has 4 nitrogen and oxygen atoms in total. The van der Waals surface area contributed by atoms with E-state index in [0.717, 1.165) is 44.5 Å². The van der Waals surface area contributed by atoms with Crippen LogP contribution in [-0.4, -0.2) is 42.7 Å². The fourth-order valence-electron chi connectivity index (χ4n) is 3.44. The highest BCUT2D eigenvalue weighted by atomic mass is 19.1. The number of pyridine rings is 1. The van der Waals surface area contributed by atoms with Gasteiger partial charge in [0.2, 0.25) is 0 Å². The highest BCUT2D eigenvalue weighted by Crippen LogP contribution is 2.38. The Bertz CT molecular complexity index is 818. The van der Waals surface area contributed by atoms with Crippen molar-refractivity contribution in [1.29, 1.82) is 0 Å². The molecule has 2 heterocycles. The second-order valence-corrected chi connectivity index (χ2v) is 6.89. The smallest absolute Gasteiger partial charge is 0.192 e. The standard InChI is InChI=1S/C18H22FN3O.C2H6/c1-12-11-22(13-3-4-13)16-10-17(15(19)9-14(16)18(12)23)21-7-5-20(2)6-8-21;1-2/h9-11,13H,3-8H2,1-2H3;1-2H3. The second-order valence-electron chi connectivity index (χ2n) is 6.89. The molecule has 1 aliphatic heterocycles. The molecule has 0 amide bonds. The van der Waals surface area contributed by atoms with Crippen molar-refractivity contribution < 1.29 is 4.39 Å². The maximum atomic E-state index is 14.7. The SMILES string of the molecule is CC.Cc1cn(C2CC2)c2cc(N3CCN(C)CC3)c(F)cc2c1=O. The van der Waals surface area contributed by atoms with Crippen molar-refractivity contribution in [3.8, 4) is 0 Å². The summed E-state index contributed by atoms with van der Waals surface area (Å²) in [5, 5.41) is 0.507. The van der Waals surface area contributed by atoms with E-state index in [9.17, 15) is 9.18 Å². The van der Waals surface area contributed by atoms with Gasteiger partial charge in [0.05, 0.1) is 11.2 Å². The van der Waals surface area contributed by atoms with E-state index >= 15 is 0 Å². The molecule has 0 atom stereocenters. The first-order chi connectivity index (χ1) is 12.0. The Morgan fingerprint density at radius 2 is 1.72 bits per heavy atom. The molecule has 1 saturated carbocycles. The fourth-order valence-corrected chi connectivity index (χ4v) is 3.44. The molecular weight excluding hydrogens is 317 g/mol. The van der Waals surface area contributed by atoms with Gasteiger partial charge < -0.3 is 14.4 Å². The summed E-state index contributed by atoms with van der Waals surface area (Å²) < 4.78 is 16.8. The molecule has 5 heteroatoms. The largest absolute Gasteiger partial charge is 0.367 e. The molecule has 25 heavy (non-hydrogen) atoms. The van der Waals surface area contributed by atoms with Gasteiger partial charge in [-0.1, -0.05) is 13.8 Å². The second kappa shape index (κ2) is 7.16. The lowest BCUT2D eigenvalue weighted by Crippen LogP contribution is -2.44. The number of likely N-dealkylation sites (N-methyl/N-ethyl adjacent to an activating group) is 1. The van der Waals surface area contributed by atoms with Gasteiger partial charge in [-0.25, -0.2) is 4.39 Å². The molecule has 1 aromatic carbocycles. The summed E-state index contributed by atoms with van der Waals surface area (Å²) in [5.41, 5.74) is 2.14. The first kappa shape index (κ1) is 17.9. The van der Waals surface area contributed by atoms with Gasteiger partial charge in [-0.05, 0) is 38.9 Å². The van der Waals surface area contributed by atoms with Crippen molar-refractivity contribution in [2.24, 2.45) is 0 Å². The number of hydrogen-bond acceptors (Lipinski definition) is 3. The summed E-state index contributed by atoms with van der Waals surface area (Å²) in [6, 6.07) is 3.79. The van der Waals surface area contributed by atoms with Crippen LogP contribution in [-0.2, 0) is 0 Å². The molecule has 1 aliphatic carbocycles. The third-order valence-corrected chi connectivity index (χ3v) is 5.06. The number of nitrogens with zero attached hydrogens (tertiary/aromatic N) is 3. The van der Waals surface area contributed by atoms with Gasteiger partial charge in [0, 0.05) is 49.4 Å². The molecule has 1 saturated heterocycles. The van der Waals surface area contributed by atoms with Crippen LogP contribution in [0.15, 0.2) is 23.1 Å². The zero-order chi connectivity index (χ0) is 18.1. The quantitative estimate of drug-likeness (QED) is 0.833. The molecule has 136 valence electrons. The third-order valence-electron chi connectivity index (χ3n) is 5.06. The first-order valence-corrected chi connectivity index (χ1v) is 9.33. The number of aromatic nitrogens is 1. The summed E-state index contributed by atoms with van der Waals surface area (Å²) in [4.78, 5) is 16.7. The van der Waals surface area contributed by atoms with Gasteiger partial charge in [-0.3, -0.25) is 4.79 Å². The van der Waals surface area contributed by atoms with Gasteiger partial charge in [-0.2, -0.15) is 0 Å². The van der Waals surface area contributed by atoms with Gasteiger partial charge >= 0.3 is 0 Å². The molecule has 2 aromatic rings. The Morgan fingerprint density at radius 3 is 2.32 bits per heavy atom. The lowest BCUT2D eigenvalue weighted by Gasteiger charge is -2.34. The predicted octanol–water partition coefficient (Wildman–Crippen LogP) is 3.56. The van der Waals surface area contributed by atoms with E-state index in [1.165, 1.54) is 6.07 Å². The Morgan fingerprint density at radius 1 is 1.08 bits per heavy atom. The molecule has 0 spiro atoms. The van der Waals surface area contributed by atoms with Crippen LogP contribution in [0.25, 0.3) is 10.9 Å². The zero-order valence-electron chi connectivity index (χ0n) is 15.7. The van der Waals surface area contributed by atoms with E-state index in [-0.39, 0.29) is 11.2 Å². The van der Waals surface area contributed by atoms with Gasteiger partial charge in [0.1, 0.15) is 5.82 Å². The van der Waals surface area contributed by atoms with Crippen LogP contribution in [0.4, 0.5) is 10.1 Å². The Labute approximate surface area is 148 Å². The number of halogens is 1. The first-order valence-electron chi connectivity index (χ1n) is 9.33. The summed E-state index contributed by atoms with van der Waals surface area (Å²) in [7, 11) is 2.08. The van der Waals surface area contributed by atoms with Crippen LogP contribution in [0.1, 0.15) is 38.3 Å². The fraction of sp³-hybridized carbons (Fsp3) is 0.550. The maximum absolute atomic E-state index is 14.7. The lowest BCUT2D eigenvalue weighted by atomic mass is 10.1. The number of rotatable bonds is 2. The Hall–Kier alpha value is -1.88. The van der Waals surface area contributed by atoms with E-state index in [1.54, 1.807) is 0 Å². The number of piperazine rings is 1. The van der Waals surface area contributed by atoms with Crippen molar-refractivity contribution in [3.63, 3.8) is 0 Å². The van der Waals surface area contributed by atoms with Crippen molar-refractivity contribution in [2.75, 3.05) is 38.1 Å². The minimum atomic E-state index is -0.285. The van der Waals surface area contributed by atoms with Crippen LogP contribution in [0.5, 0.6) is 0 Å². The topological polar surface area (TPSA) is 28.5 Å². The van der Waals surface area contributed by atoms with E-state index in [4.69, 9.17) is 0 Å². The number of fused-ring (bicyclic) bond motifs is 1. The van der Waals surface area contributed by atoms with E-state index < -0.39 is 0 Å². The van der Waals surface area contributed by atoms with Gasteiger partial charge in [0.25, 0.3) is 0 Å². The summed E-state index contributed by atoms with van der Waals surface area (Å²) in [5.74, 6) is -0.285. The van der Waals surface area contributed by atoms with Gasteiger partial charge in [0.15, 0.2) is 5.43 Å². The molecule has 0 radical (unpaired) electrons. The maximum Gasteiger partial charge on any atom is 0.192 e. The van der Waals surface area contributed by atoms with E-state index in [2.05, 4.69) is 21.4 Å². The summed E-state index contributed by atoms with van der Waals surface area (Å²) in [6.07, 6.45) is 4.21. The highest BCUT2D eigenvalue weighted by Gasteiger charge is 2.26. The molecule has 2 fully saturated rings. The minimum absolute atomic E-state index is 0.0549. The van der Waals surface area contributed by atoms with Gasteiger partial charge in [-0.15, -0.1) is 0 Å². The molecule has 0 N–H and O–H groups in total. The third kappa shape index (κ3) is 3.43. The van der Waals surface area contributed by atoms with Crippen molar-refractivity contribution >= 4 is 16.6 Å². The average Bonchev–Trinajstić information content (AvgIpc) is 3.46. The van der Waals surface area contributed by atoms with E-state index in [0.29, 0.717) is 22.7 Å². The number of hydrogen-bond donors (Lipinski definition) is 0. The summed E-state index contributed by atoms with van der Waals surface area (Å²) in [6.45, 7) is 9.31. The highest BCUT2D eigenvalue weighted by molar-refractivity contribution is 5.84. The van der Waals surface area contributed by atoms with Crippen molar-refractivity contribution in [1.82, 2.24) is 9.47 Å². The normalized spacial score (nSPS) is 18.2. The Balaban J connectivity index is 0.000000880. The molecule has 1 aromatic heterocycles. The molecule has 0 unspecified atom stereocenters. The molecular formula is C20H28FN3O. The summed E-state index contributed by atoms with van der Waals surface area (Å²) >= 11 is 0. The van der Waals surface area contributed by atoms with Crippen molar-refractivity contribution in [2.45, 2.75) is 39.7 Å². The van der Waals surface area contributed by atoms with Crippen LogP contribution in [0.2, 0.25) is 0 Å². The van der Waals surface area contributed by atoms with E-state index in [1.807, 2.05) is 33.0 Å². The minimum Gasteiger partial charge on any atom is -0.367 e. The van der Waals surface area contributed by atoms with Crippen LogP contribution < -0.4 is 10.3 Å². The molecule has 4 rings (SSSR count). The molecule has 0 bridgehead atoms. The van der Waals surface area contributed by atoms with Crippen molar-refractivity contribution in [3.05, 3.63) is 39.9 Å². The van der Waals surface area contributed by atoms with Crippen LogP contribution in [0, 0.1) is 12.7 Å². The number of aryl methyl sites for hydroxylation is 1. The zero-order valence-corrected chi connectivity index (χ0v) is 15.7. The Kier molecular flexibility index (Phi) is 5.13. The monoisotopic (exact) mass is 345 g/mol. The molecule has 2 aliphatic rings. The number of anilines is 1. The van der Waals surface area contributed by atoms with Crippen LogP contribution >= 0.6 is 0 Å². The predicted molar refractivity (Wildman–Crippen MR) is 102 cm³/mol. The average molecular weight is 345 g/mol. The number of benzene rings is 1. The van der Waals surface area contributed by atoms with Crippen LogP contribution in [0.3, 0.4) is 0 Å². The lowest BCUT2D eigenvalue weighted by molar-refractivity contribution is 0.312.